The van der Waals surface area contributed by atoms with Gasteiger partial charge in [0.2, 0.25) is 10.0 Å². The zero-order valence-corrected chi connectivity index (χ0v) is 17.4. The van der Waals surface area contributed by atoms with Gasteiger partial charge in [0.1, 0.15) is 16.8 Å². The van der Waals surface area contributed by atoms with Crippen LogP contribution in [-0.2, 0) is 24.7 Å². The van der Waals surface area contributed by atoms with Crippen LogP contribution in [0.1, 0.15) is 19.3 Å². The van der Waals surface area contributed by atoms with Crippen LogP contribution in [0.15, 0.2) is 29.2 Å². The van der Waals surface area contributed by atoms with Gasteiger partial charge in [-0.05, 0) is 31.4 Å². The molecule has 1 aromatic carbocycles. The van der Waals surface area contributed by atoms with E-state index in [1.807, 2.05) is 0 Å². The number of sulfonamides is 1. The molecule has 0 saturated carbocycles. The van der Waals surface area contributed by atoms with Crippen molar-refractivity contribution in [1.29, 1.82) is 0 Å². The predicted molar refractivity (Wildman–Crippen MR) is 101 cm³/mol. The van der Waals surface area contributed by atoms with Gasteiger partial charge in [-0.3, -0.25) is 9.80 Å². The zero-order valence-electron chi connectivity index (χ0n) is 15.8. The molecule has 0 radical (unpaired) electrons. The predicted octanol–water partition coefficient (Wildman–Crippen LogP) is 0.471. The highest BCUT2D eigenvalue weighted by molar-refractivity contribution is 7.91. The highest BCUT2D eigenvalue weighted by Gasteiger charge is 2.45. The van der Waals surface area contributed by atoms with Gasteiger partial charge in [-0.2, -0.15) is 4.31 Å². The van der Waals surface area contributed by atoms with E-state index in [4.69, 9.17) is 0 Å². The van der Waals surface area contributed by atoms with Crippen LogP contribution in [-0.4, -0.2) is 81.3 Å². The number of carbonyl (C=O) groups excluding carboxylic acids is 1. The lowest BCUT2D eigenvalue weighted by atomic mass is 10.1. The fraction of sp³-hybridized carbons (Fsp3) is 0.588. The standard InChI is InChI=1S/C17H24FN3O5S2/c1-19(2)21(13-9-11-27(23,24)12-13)17(22)15-7-5-10-20(15)28(25,26)16-8-4-3-6-14(16)18/h3-4,6,8,13,15H,5,7,9-12H2,1-2H3. The molecular weight excluding hydrogens is 409 g/mol. The fourth-order valence-electron chi connectivity index (χ4n) is 3.88. The number of hydrazine groups is 1. The first-order valence-corrected chi connectivity index (χ1v) is 12.3. The van der Waals surface area contributed by atoms with Crippen LogP contribution in [0, 0.1) is 5.82 Å². The van der Waals surface area contributed by atoms with Gasteiger partial charge in [0.05, 0.1) is 17.5 Å². The Morgan fingerprint density at radius 1 is 1.21 bits per heavy atom. The van der Waals surface area contributed by atoms with E-state index in [-0.39, 0.29) is 18.1 Å². The average molecular weight is 434 g/mol. The number of rotatable bonds is 5. The van der Waals surface area contributed by atoms with Crippen molar-refractivity contribution >= 4 is 25.8 Å². The second-order valence-corrected chi connectivity index (χ2v) is 11.4. The van der Waals surface area contributed by atoms with Crippen LogP contribution in [0.4, 0.5) is 4.39 Å². The molecule has 1 aromatic rings. The second kappa shape index (κ2) is 7.69. The zero-order chi connectivity index (χ0) is 20.7. The maximum Gasteiger partial charge on any atom is 0.255 e. The Morgan fingerprint density at radius 2 is 1.89 bits per heavy atom. The number of hydrogen-bond donors (Lipinski definition) is 0. The molecular formula is C17H24FN3O5S2. The molecule has 1 amide bonds. The summed E-state index contributed by atoms with van der Waals surface area (Å²) in [6.45, 7) is 0.108. The van der Waals surface area contributed by atoms with Crippen molar-refractivity contribution in [2.45, 2.75) is 36.2 Å². The second-order valence-electron chi connectivity index (χ2n) is 7.29. The van der Waals surface area contributed by atoms with Gasteiger partial charge in [0.15, 0.2) is 9.84 Å². The molecule has 8 nitrogen and oxygen atoms in total. The molecule has 2 atom stereocenters. The lowest BCUT2D eigenvalue weighted by Crippen LogP contribution is -2.56. The van der Waals surface area contributed by atoms with Gasteiger partial charge >= 0.3 is 0 Å². The summed E-state index contributed by atoms with van der Waals surface area (Å²) in [6.07, 6.45) is 1.07. The van der Waals surface area contributed by atoms with Crippen molar-refractivity contribution in [3.8, 4) is 0 Å². The third-order valence-corrected chi connectivity index (χ3v) is 8.81. The van der Waals surface area contributed by atoms with Gasteiger partial charge in [-0.25, -0.2) is 26.2 Å². The minimum absolute atomic E-state index is 0.00278. The summed E-state index contributed by atoms with van der Waals surface area (Å²) in [5, 5.41) is 2.84. The summed E-state index contributed by atoms with van der Waals surface area (Å²) in [4.78, 5) is 12.8. The summed E-state index contributed by atoms with van der Waals surface area (Å²) >= 11 is 0. The smallest absolute Gasteiger partial charge is 0.255 e. The molecule has 3 rings (SSSR count). The Kier molecular flexibility index (Phi) is 5.81. The van der Waals surface area contributed by atoms with Crippen molar-refractivity contribution in [3.05, 3.63) is 30.1 Å². The number of benzene rings is 1. The normalized spacial score (nSPS) is 25.3. The van der Waals surface area contributed by atoms with E-state index in [1.54, 1.807) is 14.1 Å². The Balaban J connectivity index is 1.91. The Hall–Kier alpha value is -1.56. The van der Waals surface area contributed by atoms with E-state index in [1.165, 1.54) is 28.2 Å². The van der Waals surface area contributed by atoms with E-state index in [9.17, 15) is 26.0 Å². The number of nitrogens with zero attached hydrogens (tertiary/aromatic N) is 3. The third kappa shape index (κ3) is 3.93. The molecule has 0 N–H and O–H groups in total. The highest BCUT2D eigenvalue weighted by atomic mass is 32.2. The van der Waals surface area contributed by atoms with Crippen molar-refractivity contribution < 1.29 is 26.0 Å². The van der Waals surface area contributed by atoms with Gasteiger partial charge in [0, 0.05) is 20.6 Å². The molecule has 2 fully saturated rings. The van der Waals surface area contributed by atoms with Crippen LogP contribution in [0.3, 0.4) is 0 Å². The molecule has 2 saturated heterocycles. The molecule has 28 heavy (non-hydrogen) atoms. The number of carbonyl (C=O) groups is 1. The van der Waals surface area contributed by atoms with E-state index >= 15 is 0 Å². The van der Waals surface area contributed by atoms with Gasteiger partial charge < -0.3 is 0 Å². The summed E-state index contributed by atoms with van der Waals surface area (Å²) < 4.78 is 64.8. The first kappa shape index (κ1) is 21.2. The third-order valence-electron chi connectivity index (χ3n) is 5.12. The average Bonchev–Trinajstić information content (AvgIpc) is 3.22. The fourth-order valence-corrected chi connectivity index (χ4v) is 7.29. The summed E-state index contributed by atoms with van der Waals surface area (Å²) in [5.74, 6) is -1.50. The molecule has 2 aliphatic rings. The summed E-state index contributed by atoms with van der Waals surface area (Å²) in [5.41, 5.74) is 0. The molecule has 2 unspecified atom stereocenters. The Bertz CT molecular complexity index is 965. The molecule has 2 aliphatic heterocycles. The topological polar surface area (TPSA) is 95.1 Å². The Morgan fingerprint density at radius 3 is 2.46 bits per heavy atom. The van der Waals surface area contributed by atoms with E-state index in [0.29, 0.717) is 19.3 Å². The monoisotopic (exact) mass is 433 g/mol. The molecule has 0 aliphatic carbocycles. The van der Waals surface area contributed by atoms with Crippen LogP contribution in [0.5, 0.6) is 0 Å². The molecule has 156 valence electrons. The first-order chi connectivity index (χ1) is 13.0. The van der Waals surface area contributed by atoms with Crippen LogP contribution in [0.2, 0.25) is 0 Å². The summed E-state index contributed by atoms with van der Waals surface area (Å²) in [6, 6.07) is 3.54. The number of sulfone groups is 1. The van der Waals surface area contributed by atoms with E-state index in [0.717, 1.165) is 10.4 Å². The van der Waals surface area contributed by atoms with Crippen molar-refractivity contribution in [3.63, 3.8) is 0 Å². The van der Waals surface area contributed by atoms with Crippen LogP contribution in [0.25, 0.3) is 0 Å². The maximum absolute atomic E-state index is 14.1. The maximum atomic E-state index is 14.1. The number of halogens is 1. The molecule has 0 spiro atoms. The van der Waals surface area contributed by atoms with Crippen LogP contribution >= 0.6 is 0 Å². The van der Waals surface area contributed by atoms with Crippen molar-refractivity contribution in [2.75, 3.05) is 32.1 Å². The Labute approximate surface area is 164 Å². The van der Waals surface area contributed by atoms with Gasteiger partial charge in [-0.1, -0.05) is 12.1 Å². The molecule has 0 aromatic heterocycles. The lowest BCUT2D eigenvalue weighted by molar-refractivity contribution is -0.152. The van der Waals surface area contributed by atoms with E-state index < -0.39 is 48.6 Å². The highest BCUT2D eigenvalue weighted by Crippen LogP contribution is 2.30. The van der Waals surface area contributed by atoms with Crippen molar-refractivity contribution in [2.24, 2.45) is 0 Å². The summed E-state index contributed by atoms with van der Waals surface area (Å²) in [7, 11) is -4.18. The van der Waals surface area contributed by atoms with Gasteiger partial charge in [-0.15, -0.1) is 0 Å². The minimum Gasteiger partial charge on any atom is -0.272 e. The molecule has 2 heterocycles. The number of hydrogen-bond acceptors (Lipinski definition) is 6. The minimum atomic E-state index is -4.20. The quantitative estimate of drug-likeness (QED) is 0.627. The van der Waals surface area contributed by atoms with Crippen LogP contribution < -0.4 is 0 Å². The van der Waals surface area contributed by atoms with E-state index in [2.05, 4.69) is 0 Å². The lowest BCUT2D eigenvalue weighted by Gasteiger charge is -2.37. The van der Waals surface area contributed by atoms with Gasteiger partial charge in [0.25, 0.3) is 5.91 Å². The molecule has 0 bridgehead atoms. The number of amides is 1. The first-order valence-electron chi connectivity index (χ1n) is 9.02. The SMILES string of the molecule is CN(C)N(C(=O)C1CCCN1S(=O)(=O)c1ccccc1F)C1CCS(=O)(=O)C1. The largest absolute Gasteiger partial charge is 0.272 e. The van der Waals surface area contributed by atoms with Crippen molar-refractivity contribution in [1.82, 2.24) is 14.3 Å². The molecule has 11 heteroatoms.